The van der Waals surface area contributed by atoms with E-state index < -0.39 is 5.41 Å². The summed E-state index contributed by atoms with van der Waals surface area (Å²) in [6, 6.07) is 98.9. The fourth-order valence-corrected chi connectivity index (χ4v) is 15.4. The van der Waals surface area contributed by atoms with Crippen molar-refractivity contribution in [2.75, 3.05) is 4.90 Å². The molecule has 0 amide bonds. The largest absolute Gasteiger partial charge is 0.337 e. The van der Waals surface area contributed by atoms with Gasteiger partial charge in [-0.3, -0.25) is 9.36 Å². The number of fused-ring (bicyclic) bond motifs is 14. The van der Waals surface area contributed by atoms with Crippen LogP contribution in [0.4, 0.5) is 11.4 Å². The van der Waals surface area contributed by atoms with Gasteiger partial charge in [0.05, 0.1) is 16.4 Å². The fraction of sp³-hybridized carbons (Fsp3) is 0.103. The third kappa shape index (κ3) is 7.29. The first-order valence-corrected chi connectivity index (χ1v) is 29.5. The Balaban J connectivity index is 0.783. The summed E-state index contributed by atoms with van der Waals surface area (Å²) >= 11 is 0. The first kappa shape index (κ1) is 48.4. The van der Waals surface area contributed by atoms with Gasteiger partial charge in [0.2, 0.25) is 5.95 Å². The van der Waals surface area contributed by atoms with E-state index in [2.05, 4.69) is 222 Å². The van der Waals surface area contributed by atoms with Crippen molar-refractivity contribution in [2.45, 2.75) is 48.5 Å². The predicted molar refractivity (Wildman–Crippen MR) is 338 cm³/mol. The number of carbonyl (C=O) groups is 1. The quantitative estimate of drug-likeness (QED) is 0.159. The van der Waals surface area contributed by atoms with Gasteiger partial charge in [0.1, 0.15) is 0 Å². The van der Waals surface area contributed by atoms with Crippen molar-refractivity contribution < 1.29 is 4.79 Å². The van der Waals surface area contributed by atoms with E-state index in [0.29, 0.717) is 35.5 Å². The van der Waals surface area contributed by atoms with E-state index in [0.717, 1.165) is 69.2 Å². The summed E-state index contributed by atoms with van der Waals surface area (Å²) in [4.78, 5) is 32.7. The number of ketones is 1. The van der Waals surface area contributed by atoms with Gasteiger partial charge in [-0.15, -0.1) is 0 Å². The number of rotatable bonds is 7. The number of benzene rings is 11. The van der Waals surface area contributed by atoms with Gasteiger partial charge < -0.3 is 4.90 Å². The zero-order chi connectivity index (χ0) is 55.5. The maximum Gasteiger partial charge on any atom is 0.238 e. The molecule has 2 aromatic heterocycles. The smallest absolute Gasteiger partial charge is 0.238 e. The van der Waals surface area contributed by atoms with Gasteiger partial charge in [-0.2, -0.15) is 9.97 Å². The first-order valence-electron chi connectivity index (χ1n) is 29.5. The minimum absolute atomic E-state index is 0.00486. The Morgan fingerprint density at radius 1 is 0.405 bits per heavy atom. The summed E-state index contributed by atoms with van der Waals surface area (Å²) < 4.78 is 2.23. The molecule has 1 aliphatic heterocycles. The molecular formula is C78H55N5O. The Labute approximate surface area is 488 Å². The lowest BCUT2D eigenvalue weighted by molar-refractivity contribution is 0.103. The van der Waals surface area contributed by atoms with Crippen LogP contribution in [0.5, 0.6) is 0 Å². The molecule has 0 N–H and O–H groups in total. The summed E-state index contributed by atoms with van der Waals surface area (Å²) in [6.45, 7) is 0. The molecule has 0 saturated heterocycles. The van der Waals surface area contributed by atoms with Crippen molar-refractivity contribution in [3.8, 4) is 39.9 Å². The van der Waals surface area contributed by atoms with Crippen LogP contribution in [0, 0.1) is 0 Å². The van der Waals surface area contributed by atoms with Crippen molar-refractivity contribution in [1.29, 1.82) is 0 Å². The van der Waals surface area contributed by atoms with Crippen LogP contribution in [0.1, 0.15) is 103 Å². The topological polar surface area (TPSA) is 63.9 Å². The Morgan fingerprint density at radius 2 is 0.964 bits per heavy atom. The lowest BCUT2D eigenvalue weighted by Gasteiger charge is -2.48. The number of carbonyl (C=O) groups excluding carboxylic acids is 1. The summed E-state index contributed by atoms with van der Waals surface area (Å²) in [7, 11) is 0. The maximum absolute atomic E-state index is 14.6. The van der Waals surface area contributed by atoms with Crippen molar-refractivity contribution in [3.05, 3.63) is 334 Å². The van der Waals surface area contributed by atoms with Crippen molar-refractivity contribution in [1.82, 2.24) is 19.5 Å². The van der Waals surface area contributed by atoms with E-state index in [9.17, 15) is 4.79 Å². The molecule has 6 heteroatoms. The minimum atomic E-state index is -0.742. The highest BCUT2D eigenvalue weighted by atomic mass is 16.1. The van der Waals surface area contributed by atoms with Crippen molar-refractivity contribution in [2.24, 2.45) is 0 Å². The molecule has 3 aliphatic carbocycles. The van der Waals surface area contributed by atoms with Crippen LogP contribution < -0.4 is 4.90 Å². The van der Waals surface area contributed by atoms with Crippen LogP contribution in [-0.4, -0.2) is 31.3 Å². The standard InChI is InChI=1S/C78H55N5O/c84-74-61-31-14-18-34-66(61)78(67-35-19-15-32-62(67)74)65-33-17-13-30-59(65)73(49-21-5-1-6-22-49)60-42-38-54(47-68(60)78)55-37-41-58-64-46-52(39-43-70(64)82(72(58)48-55)56-27-11-4-12-28-56)53-40-44-71-63(45-53)57-29-16-20-36-69(57)83(71)77-80-75(50-23-7-2-8-24-50)79-76(81-77)51-25-9-3-10-26-51/h1-38,40-42,44-45,47-48,52,64,70,73H,39,43,46H2. The molecule has 3 heterocycles. The lowest BCUT2D eigenvalue weighted by Crippen LogP contribution is -2.42. The summed E-state index contributed by atoms with van der Waals surface area (Å²) in [5, 5.41) is 2.38. The molecule has 1 spiro atoms. The fourth-order valence-electron chi connectivity index (χ4n) is 15.4. The molecular weight excluding hydrogens is 1020 g/mol. The van der Waals surface area contributed by atoms with Crippen LogP contribution >= 0.6 is 0 Å². The number of hydrogen-bond donors (Lipinski definition) is 0. The average molecular weight is 1080 g/mol. The van der Waals surface area contributed by atoms with Crippen molar-refractivity contribution in [3.63, 3.8) is 0 Å². The average Bonchev–Trinajstić information content (AvgIpc) is 2.95. The molecule has 84 heavy (non-hydrogen) atoms. The second kappa shape index (κ2) is 19.2. The number of hydrogen-bond acceptors (Lipinski definition) is 5. The Kier molecular flexibility index (Phi) is 11.0. The number of para-hydroxylation sites is 2. The molecule has 11 aromatic carbocycles. The van der Waals surface area contributed by atoms with Gasteiger partial charge in [0.15, 0.2) is 17.4 Å². The predicted octanol–water partition coefficient (Wildman–Crippen LogP) is 18.0. The van der Waals surface area contributed by atoms with E-state index in [1.165, 1.54) is 66.7 Å². The summed E-state index contributed by atoms with van der Waals surface area (Å²) in [6.07, 6.45) is 3.17. The lowest BCUT2D eigenvalue weighted by atomic mass is 9.53. The van der Waals surface area contributed by atoms with Crippen LogP contribution in [-0.2, 0) is 5.41 Å². The molecule has 4 unspecified atom stereocenters. The summed E-state index contributed by atoms with van der Waals surface area (Å²) in [5.74, 6) is 2.64. The molecule has 1 fully saturated rings. The second-order valence-electron chi connectivity index (χ2n) is 23.2. The second-order valence-corrected chi connectivity index (χ2v) is 23.2. The van der Waals surface area contributed by atoms with Gasteiger partial charge in [-0.25, -0.2) is 4.98 Å². The molecule has 0 radical (unpaired) electrons. The molecule has 0 bridgehead atoms. The molecule has 4 atom stereocenters. The van der Waals surface area contributed by atoms with Crippen LogP contribution in [0.25, 0.3) is 61.7 Å². The third-order valence-electron chi connectivity index (χ3n) is 19.0. The molecule has 1 saturated carbocycles. The van der Waals surface area contributed by atoms with E-state index in [4.69, 9.17) is 15.0 Å². The normalized spacial score (nSPS) is 18.0. The highest BCUT2D eigenvalue weighted by Gasteiger charge is 2.52. The molecule has 6 nitrogen and oxygen atoms in total. The first-order chi connectivity index (χ1) is 41.6. The monoisotopic (exact) mass is 1080 g/mol. The zero-order valence-corrected chi connectivity index (χ0v) is 46.1. The van der Waals surface area contributed by atoms with Gasteiger partial charge in [0.25, 0.3) is 0 Å². The van der Waals surface area contributed by atoms with Crippen LogP contribution in [0.15, 0.2) is 273 Å². The zero-order valence-electron chi connectivity index (χ0n) is 46.1. The van der Waals surface area contributed by atoms with E-state index in [1.54, 1.807) is 0 Å². The molecule has 17 rings (SSSR count). The highest BCUT2D eigenvalue weighted by molar-refractivity contribution is 6.14. The van der Waals surface area contributed by atoms with Gasteiger partial charge in [-0.05, 0) is 129 Å². The van der Waals surface area contributed by atoms with Crippen LogP contribution in [0.2, 0.25) is 0 Å². The highest BCUT2D eigenvalue weighted by Crippen LogP contribution is 2.60. The minimum Gasteiger partial charge on any atom is -0.337 e. The number of anilines is 2. The third-order valence-corrected chi connectivity index (χ3v) is 19.0. The van der Waals surface area contributed by atoms with Gasteiger partial charge >= 0.3 is 0 Å². The van der Waals surface area contributed by atoms with E-state index in [-0.39, 0.29) is 11.7 Å². The van der Waals surface area contributed by atoms with Gasteiger partial charge in [-0.1, -0.05) is 231 Å². The van der Waals surface area contributed by atoms with Crippen molar-refractivity contribution >= 4 is 39.0 Å². The SMILES string of the molecule is O=C1c2ccccc2C2(c3ccccc31)c1ccccc1C(c1ccccc1)c1ccc(-c3ccc4c(c3)N(c3ccccc3)C3CCC(c5ccc6c(c5)c5ccccc5n6-c5nc(-c6ccccc6)nc(-c6ccccc6)n5)CC43)cc12. The van der Waals surface area contributed by atoms with E-state index in [1.807, 2.05) is 60.7 Å². The Morgan fingerprint density at radius 3 is 1.67 bits per heavy atom. The van der Waals surface area contributed by atoms with E-state index >= 15 is 0 Å². The van der Waals surface area contributed by atoms with Gasteiger partial charge in [0, 0.05) is 62.3 Å². The molecule has 13 aromatic rings. The molecule has 4 aliphatic rings. The Hall–Kier alpha value is -10.3. The summed E-state index contributed by atoms with van der Waals surface area (Å²) in [5.41, 5.74) is 20.7. The number of nitrogens with zero attached hydrogens (tertiary/aromatic N) is 5. The number of aromatic nitrogens is 4. The molecule has 398 valence electrons. The maximum atomic E-state index is 14.6. The van der Waals surface area contributed by atoms with Crippen LogP contribution in [0.3, 0.4) is 0 Å². The Bertz CT molecular complexity index is 4660.